The van der Waals surface area contributed by atoms with Crippen LogP contribution >= 0.6 is 11.8 Å². The van der Waals surface area contributed by atoms with Gasteiger partial charge >= 0.3 is 0 Å². The normalized spacial score (nSPS) is 17.4. The molecule has 2 N–H and O–H groups in total. The summed E-state index contributed by atoms with van der Waals surface area (Å²) in [6, 6.07) is 0. The van der Waals surface area contributed by atoms with Crippen LogP contribution < -0.4 is 5.73 Å². The van der Waals surface area contributed by atoms with Gasteiger partial charge in [-0.2, -0.15) is 11.8 Å². The van der Waals surface area contributed by atoms with E-state index in [1.807, 2.05) is 18.7 Å². The lowest BCUT2D eigenvalue weighted by molar-refractivity contribution is 0.323. The van der Waals surface area contributed by atoms with Gasteiger partial charge < -0.3 is 10.3 Å². The number of nitrogens with two attached hydrogens (primary N) is 1. The molecule has 1 aliphatic carbocycles. The van der Waals surface area contributed by atoms with Gasteiger partial charge in [-0.25, -0.2) is 9.97 Å². The number of aryl methyl sites for hydroxylation is 2. The van der Waals surface area contributed by atoms with Gasteiger partial charge in [-0.05, 0) is 45.4 Å². The second-order valence-corrected chi connectivity index (χ2v) is 7.17. The lowest BCUT2D eigenvalue weighted by atomic mass is 9.84. The lowest BCUT2D eigenvalue weighted by Crippen LogP contribution is -2.38. The van der Waals surface area contributed by atoms with Gasteiger partial charge in [0.05, 0.1) is 5.39 Å². The maximum Gasteiger partial charge on any atom is 0.146 e. The molecule has 0 bridgehead atoms. The summed E-state index contributed by atoms with van der Waals surface area (Å²) >= 11 is 1.99. The lowest BCUT2D eigenvalue weighted by Gasteiger charge is -2.41. The van der Waals surface area contributed by atoms with E-state index >= 15 is 0 Å². The molecule has 0 radical (unpaired) electrons. The van der Waals surface area contributed by atoms with Crippen molar-refractivity contribution in [2.75, 3.05) is 12.0 Å². The Balaban J connectivity index is 2.17. The first-order valence-electron chi connectivity index (χ1n) is 7.12. The average molecular weight is 290 g/mol. The fraction of sp³-hybridized carbons (Fsp3) is 0.600. The highest BCUT2D eigenvalue weighted by molar-refractivity contribution is 8.00. The number of nitrogens with zero attached hydrogens (tertiary/aromatic N) is 3. The molecule has 4 nitrogen and oxygen atoms in total. The average Bonchev–Trinajstić information content (AvgIpc) is 2.58. The van der Waals surface area contributed by atoms with Gasteiger partial charge in [-0.3, -0.25) is 0 Å². The van der Waals surface area contributed by atoms with Gasteiger partial charge in [0.15, 0.2) is 0 Å². The predicted molar refractivity (Wildman–Crippen MR) is 86.2 cm³/mol. The second-order valence-electron chi connectivity index (χ2n) is 5.89. The second kappa shape index (κ2) is 4.65. The van der Waals surface area contributed by atoms with Crippen molar-refractivity contribution < 1.29 is 0 Å². The van der Waals surface area contributed by atoms with Crippen LogP contribution in [0.15, 0.2) is 0 Å². The van der Waals surface area contributed by atoms with Crippen molar-refractivity contribution in [3.63, 3.8) is 0 Å². The van der Waals surface area contributed by atoms with Crippen LogP contribution in [0.2, 0.25) is 0 Å². The third-order valence-electron chi connectivity index (χ3n) is 4.75. The van der Waals surface area contributed by atoms with E-state index in [1.165, 1.54) is 30.5 Å². The number of nitrogen functional groups attached to an aromatic ring is 1. The highest BCUT2D eigenvalue weighted by atomic mass is 32.2. The summed E-state index contributed by atoms with van der Waals surface area (Å²) in [5, 5.41) is 1.03. The van der Waals surface area contributed by atoms with Crippen molar-refractivity contribution in [1.29, 1.82) is 0 Å². The molecule has 20 heavy (non-hydrogen) atoms. The van der Waals surface area contributed by atoms with E-state index in [0.717, 1.165) is 23.4 Å². The van der Waals surface area contributed by atoms with Crippen LogP contribution in [-0.2, 0) is 6.54 Å². The molecule has 2 aromatic rings. The summed E-state index contributed by atoms with van der Waals surface area (Å²) in [4.78, 5) is 8.97. The number of hydrogen-bond acceptors (Lipinski definition) is 4. The van der Waals surface area contributed by atoms with Crippen LogP contribution in [0.4, 0.5) is 5.82 Å². The molecule has 0 aliphatic heterocycles. The molecule has 1 aliphatic rings. The minimum Gasteiger partial charge on any atom is -0.383 e. The quantitative estimate of drug-likeness (QED) is 0.943. The maximum atomic E-state index is 6.11. The summed E-state index contributed by atoms with van der Waals surface area (Å²) in [6.07, 6.45) is 6.16. The minimum atomic E-state index is 0.386. The molecule has 0 unspecified atom stereocenters. The van der Waals surface area contributed by atoms with Crippen molar-refractivity contribution in [3.8, 4) is 0 Å². The minimum absolute atomic E-state index is 0.386. The SMILES string of the molecule is CSC1(Cn2c(C)c(C)c3c(N)nc(C)nc32)CCC1. The Bertz CT molecular complexity index is 665. The van der Waals surface area contributed by atoms with Gasteiger partial charge in [0.2, 0.25) is 0 Å². The van der Waals surface area contributed by atoms with Crippen molar-refractivity contribution in [1.82, 2.24) is 14.5 Å². The summed E-state index contributed by atoms with van der Waals surface area (Å²) in [7, 11) is 0. The molecule has 1 saturated carbocycles. The highest BCUT2D eigenvalue weighted by Crippen LogP contribution is 2.45. The van der Waals surface area contributed by atoms with E-state index < -0.39 is 0 Å². The molecular formula is C15H22N4S. The first-order valence-corrected chi connectivity index (χ1v) is 8.34. The summed E-state index contributed by atoms with van der Waals surface area (Å²) in [5.41, 5.74) is 9.60. The topological polar surface area (TPSA) is 56.7 Å². The van der Waals surface area contributed by atoms with E-state index in [0.29, 0.717) is 10.6 Å². The zero-order valence-corrected chi connectivity index (χ0v) is 13.5. The zero-order chi connectivity index (χ0) is 14.5. The number of aromatic nitrogens is 3. The van der Waals surface area contributed by atoms with E-state index in [4.69, 9.17) is 5.73 Å². The Morgan fingerprint density at radius 1 is 1.25 bits per heavy atom. The third kappa shape index (κ3) is 1.91. The molecule has 2 heterocycles. The van der Waals surface area contributed by atoms with Crippen LogP contribution in [0.25, 0.3) is 11.0 Å². The Labute approximate surface area is 124 Å². The standard InChI is InChI=1S/C15H22N4S/c1-9-10(2)19(8-15(20-4)6-5-7-15)14-12(9)13(16)17-11(3)18-14/h5-8H2,1-4H3,(H2,16,17,18). The molecule has 0 atom stereocenters. The molecule has 5 heteroatoms. The first kappa shape index (κ1) is 13.7. The fourth-order valence-electron chi connectivity index (χ4n) is 3.16. The van der Waals surface area contributed by atoms with E-state index in [2.05, 4.69) is 34.6 Å². The molecule has 0 spiro atoms. The molecule has 0 aromatic carbocycles. The van der Waals surface area contributed by atoms with E-state index in [-0.39, 0.29) is 0 Å². The third-order valence-corrected chi connectivity index (χ3v) is 6.16. The van der Waals surface area contributed by atoms with Crippen LogP contribution in [0, 0.1) is 20.8 Å². The van der Waals surface area contributed by atoms with Crippen molar-refractivity contribution in [2.24, 2.45) is 0 Å². The Kier molecular flexibility index (Phi) is 3.20. The van der Waals surface area contributed by atoms with Gasteiger partial charge in [0.1, 0.15) is 17.3 Å². The summed E-state index contributed by atoms with van der Waals surface area (Å²) in [5.74, 6) is 1.36. The molecule has 0 amide bonds. The number of hydrogen-bond donors (Lipinski definition) is 1. The molecule has 108 valence electrons. The van der Waals surface area contributed by atoms with Crippen LogP contribution in [0.1, 0.15) is 36.3 Å². The number of anilines is 1. The monoisotopic (exact) mass is 290 g/mol. The summed E-state index contributed by atoms with van der Waals surface area (Å²) < 4.78 is 2.74. The molecule has 1 fully saturated rings. The molecule has 2 aromatic heterocycles. The Morgan fingerprint density at radius 2 is 1.95 bits per heavy atom. The fourth-order valence-corrected chi connectivity index (χ4v) is 4.11. The largest absolute Gasteiger partial charge is 0.383 e. The zero-order valence-electron chi connectivity index (χ0n) is 12.7. The number of fused-ring (bicyclic) bond motifs is 1. The highest BCUT2D eigenvalue weighted by Gasteiger charge is 2.37. The van der Waals surface area contributed by atoms with Gasteiger partial charge in [0.25, 0.3) is 0 Å². The van der Waals surface area contributed by atoms with Crippen molar-refractivity contribution >= 4 is 28.6 Å². The molecular weight excluding hydrogens is 268 g/mol. The van der Waals surface area contributed by atoms with Gasteiger partial charge in [-0.1, -0.05) is 6.42 Å². The summed E-state index contributed by atoms with van der Waals surface area (Å²) in [6.45, 7) is 7.22. The Hall–Kier alpha value is -1.23. The molecule has 0 saturated heterocycles. The smallest absolute Gasteiger partial charge is 0.146 e. The first-order chi connectivity index (χ1) is 9.47. The van der Waals surface area contributed by atoms with Gasteiger partial charge in [-0.15, -0.1) is 0 Å². The van der Waals surface area contributed by atoms with E-state index in [9.17, 15) is 0 Å². The van der Waals surface area contributed by atoms with Crippen LogP contribution in [-0.4, -0.2) is 25.5 Å². The molecule has 3 rings (SSSR count). The Morgan fingerprint density at radius 3 is 2.50 bits per heavy atom. The maximum absolute atomic E-state index is 6.11. The van der Waals surface area contributed by atoms with Crippen LogP contribution in [0.5, 0.6) is 0 Å². The van der Waals surface area contributed by atoms with Gasteiger partial charge in [0, 0.05) is 17.0 Å². The van der Waals surface area contributed by atoms with Crippen molar-refractivity contribution in [2.45, 2.75) is 51.3 Å². The van der Waals surface area contributed by atoms with Crippen molar-refractivity contribution in [3.05, 3.63) is 17.1 Å². The number of thioether (sulfide) groups is 1. The van der Waals surface area contributed by atoms with Crippen LogP contribution in [0.3, 0.4) is 0 Å². The number of rotatable bonds is 3. The van der Waals surface area contributed by atoms with E-state index in [1.54, 1.807) is 0 Å². The predicted octanol–water partition coefficient (Wildman–Crippen LogP) is 3.22.